The molecule has 1 fully saturated rings. The van der Waals surface area contributed by atoms with Crippen molar-refractivity contribution in [1.29, 1.82) is 0 Å². The van der Waals surface area contributed by atoms with E-state index in [1.807, 2.05) is 18.7 Å². The minimum absolute atomic E-state index is 0.176. The Morgan fingerprint density at radius 3 is 2.32 bits per heavy atom. The predicted octanol–water partition coefficient (Wildman–Crippen LogP) is 2.28. The SMILES string of the molecule is CCN(CC)C(=O)CN1CCN(c2nccnc2Oc2ccc(OC)c(OC)c2)CC1. The fourth-order valence-electron chi connectivity index (χ4n) is 3.58. The molecule has 9 heteroatoms. The Bertz CT molecular complexity index is 867. The van der Waals surface area contributed by atoms with Gasteiger partial charge in [0.05, 0.1) is 20.8 Å². The van der Waals surface area contributed by atoms with E-state index in [2.05, 4.69) is 19.8 Å². The molecule has 168 valence electrons. The van der Waals surface area contributed by atoms with Crippen molar-refractivity contribution >= 4 is 11.7 Å². The number of hydrogen-bond donors (Lipinski definition) is 0. The third-order valence-corrected chi connectivity index (χ3v) is 5.36. The fraction of sp³-hybridized carbons (Fsp3) is 0.500. The number of carbonyl (C=O) groups excluding carboxylic acids is 1. The summed E-state index contributed by atoms with van der Waals surface area (Å²) in [5, 5.41) is 0. The molecule has 1 aromatic carbocycles. The van der Waals surface area contributed by atoms with Crippen LogP contribution in [0.3, 0.4) is 0 Å². The van der Waals surface area contributed by atoms with Crippen LogP contribution in [0.1, 0.15) is 13.8 Å². The van der Waals surface area contributed by atoms with Gasteiger partial charge in [-0.25, -0.2) is 9.97 Å². The molecule has 2 heterocycles. The molecule has 0 unspecified atom stereocenters. The number of hydrogen-bond acceptors (Lipinski definition) is 8. The molecule has 9 nitrogen and oxygen atoms in total. The van der Waals surface area contributed by atoms with Crippen molar-refractivity contribution in [2.45, 2.75) is 13.8 Å². The third kappa shape index (κ3) is 5.55. The minimum atomic E-state index is 0.176. The summed E-state index contributed by atoms with van der Waals surface area (Å²) in [7, 11) is 3.17. The van der Waals surface area contributed by atoms with E-state index in [0.717, 1.165) is 39.3 Å². The summed E-state index contributed by atoms with van der Waals surface area (Å²) in [6.45, 7) is 8.99. The maximum absolute atomic E-state index is 12.4. The Morgan fingerprint density at radius 1 is 1.00 bits per heavy atom. The van der Waals surface area contributed by atoms with Gasteiger partial charge in [0.2, 0.25) is 5.91 Å². The Balaban J connectivity index is 1.66. The second-order valence-corrected chi connectivity index (χ2v) is 7.13. The van der Waals surface area contributed by atoms with Crippen molar-refractivity contribution in [3.05, 3.63) is 30.6 Å². The predicted molar refractivity (Wildman–Crippen MR) is 118 cm³/mol. The van der Waals surface area contributed by atoms with Gasteiger partial charge in [0.1, 0.15) is 5.75 Å². The molecule has 0 N–H and O–H groups in total. The molecule has 1 saturated heterocycles. The van der Waals surface area contributed by atoms with Crippen LogP contribution in [0.15, 0.2) is 30.6 Å². The number of aromatic nitrogens is 2. The molecule has 0 radical (unpaired) electrons. The highest BCUT2D eigenvalue weighted by molar-refractivity contribution is 5.78. The largest absolute Gasteiger partial charge is 0.493 e. The molecule has 1 amide bonds. The molecule has 0 aliphatic carbocycles. The van der Waals surface area contributed by atoms with E-state index in [1.54, 1.807) is 44.8 Å². The van der Waals surface area contributed by atoms with E-state index in [4.69, 9.17) is 14.2 Å². The van der Waals surface area contributed by atoms with Crippen molar-refractivity contribution in [1.82, 2.24) is 19.8 Å². The lowest BCUT2D eigenvalue weighted by atomic mass is 10.3. The van der Waals surface area contributed by atoms with E-state index < -0.39 is 0 Å². The first-order valence-electron chi connectivity index (χ1n) is 10.6. The van der Waals surface area contributed by atoms with E-state index in [-0.39, 0.29) is 5.91 Å². The van der Waals surface area contributed by atoms with E-state index in [9.17, 15) is 4.79 Å². The number of carbonyl (C=O) groups is 1. The number of likely N-dealkylation sites (N-methyl/N-ethyl adjacent to an activating group) is 1. The Labute approximate surface area is 183 Å². The van der Waals surface area contributed by atoms with Crippen LogP contribution in [-0.4, -0.2) is 85.7 Å². The Kier molecular flexibility index (Phi) is 7.88. The van der Waals surface area contributed by atoms with Crippen LogP contribution in [-0.2, 0) is 4.79 Å². The van der Waals surface area contributed by atoms with Crippen molar-refractivity contribution in [2.24, 2.45) is 0 Å². The van der Waals surface area contributed by atoms with Crippen LogP contribution in [0.25, 0.3) is 0 Å². The lowest BCUT2D eigenvalue weighted by molar-refractivity contribution is -0.132. The zero-order valence-electron chi connectivity index (χ0n) is 18.7. The number of nitrogens with zero attached hydrogens (tertiary/aromatic N) is 5. The van der Waals surface area contributed by atoms with E-state index in [0.29, 0.717) is 35.5 Å². The quantitative estimate of drug-likeness (QED) is 0.601. The molecule has 1 aliphatic heterocycles. The molecular weight excluding hydrogens is 398 g/mol. The van der Waals surface area contributed by atoms with Gasteiger partial charge in [-0.1, -0.05) is 0 Å². The maximum atomic E-state index is 12.4. The van der Waals surface area contributed by atoms with Gasteiger partial charge >= 0.3 is 0 Å². The van der Waals surface area contributed by atoms with E-state index in [1.165, 1.54) is 0 Å². The lowest BCUT2D eigenvalue weighted by Gasteiger charge is -2.36. The van der Waals surface area contributed by atoms with Gasteiger partial charge < -0.3 is 24.0 Å². The van der Waals surface area contributed by atoms with Crippen LogP contribution in [0, 0.1) is 0 Å². The number of rotatable bonds is 9. The number of methoxy groups -OCH3 is 2. The summed E-state index contributed by atoms with van der Waals surface area (Å²) in [5.74, 6) is 3.09. The first-order chi connectivity index (χ1) is 15.1. The van der Waals surface area contributed by atoms with Crippen LogP contribution >= 0.6 is 0 Å². The van der Waals surface area contributed by atoms with Gasteiger partial charge in [-0.3, -0.25) is 9.69 Å². The minimum Gasteiger partial charge on any atom is -0.493 e. The van der Waals surface area contributed by atoms with Crippen LogP contribution < -0.4 is 19.1 Å². The Morgan fingerprint density at radius 2 is 1.68 bits per heavy atom. The topological polar surface area (TPSA) is 80.3 Å². The molecule has 1 aromatic heterocycles. The third-order valence-electron chi connectivity index (χ3n) is 5.36. The highest BCUT2D eigenvalue weighted by Crippen LogP contribution is 2.34. The smallest absolute Gasteiger partial charge is 0.263 e. The summed E-state index contributed by atoms with van der Waals surface area (Å²) in [5.41, 5.74) is 0. The summed E-state index contributed by atoms with van der Waals surface area (Å²) in [6, 6.07) is 5.35. The molecule has 0 atom stereocenters. The van der Waals surface area contributed by atoms with Gasteiger partial charge in [0.25, 0.3) is 5.88 Å². The first-order valence-corrected chi connectivity index (χ1v) is 10.6. The molecule has 1 aliphatic rings. The first kappa shape index (κ1) is 22.6. The lowest BCUT2D eigenvalue weighted by Crippen LogP contribution is -2.50. The number of ether oxygens (including phenoxy) is 3. The van der Waals surface area contributed by atoms with Gasteiger partial charge in [-0.05, 0) is 26.0 Å². The van der Waals surface area contributed by atoms with Crippen LogP contribution in [0.2, 0.25) is 0 Å². The van der Waals surface area contributed by atoms with E-state index >= 15 is 0 Å². The van der Waals surface area contributed by atoms with Crippen molar-refractivity contribution in [3.63, 3.8) is 0 Å². The fourth-order valence-corrected chi connectivity index (χ4v) is 3.58. The Hall–Kier alpha value is -3.07. The van der Waals surface area contributed by atoms with Gasteiger partial charge in [0.15, 0.2) is 17.3 Å². The summed E-state index contributed by atoms with van der Waals surface area (Å²) < 4.78 is 16.7. The summed E-state index contributed by atoms with van der Waals surface area (Å²) in [6.07, 6.45) is 3.27. The molecule has 0 bridgehead atoms. The van der Waals surface area contributed by atoms with Crippen molar-refractivity contribution in [3.8, 4) is 23.1 Å². The zero-order valence-corrected chi connectivity index (χ0v) is 18.7. The van der Waals surface area contributed by atoms with Gasteiger partial charge in [-0.15, -0.1) is 0 Å². The number of piperazine rings is 1. The maximum Gasteiger partial charge on any atom is 0.263 e. The average Bonchev–Trinajstić information content (AvgIpc) is 2.80. The second-order valence-electron chi connectivity index (χ2n) is 7.13. The zero-order chi connectivity index (χ0) is 22.2. The molecule has 2 aromatic rings. The monoisotopic (exact) mass is 429 g/mol. The standard InChI is InChI=1S/C22H31N5O4/c1-5-26(6-2)20(28)16-25-11-13-27(14-12-25)21-22(24-10-9-23-21)31-17-7-8-18(29-3)19(15-17)30-4/h7-10,15H,5-6,11-14,16H2,1-4H3. The second kappa shape index (κ2) is 10.8. The molecule has 0 spiro atoms. The molecule has 0 saturated carbocycles. The highest BCUT2D eigenvalue weighted by atomic mass is 16.5. The number of amides is 1. The highest BCUT2D eigenvalue weighted by Gasteiger charge is 2.24. The van der Waals surface area contributed by atoms with Crippen LogP contribution in [0.4, 0.5) is 5.82 Å². The normalized spacial score (nSPS) is 14.3. The average molecular weight is 430 g/mol. The molecule has 3 rings (SSSR count). The number of benzene rings is 1. The van der Waals surface area contributed by atoms with Gasteiger partial charge in [-0.2, -0.15) is 0 Å². The molecule has 31 heavy (non-hydrogen) atoms. The van der Waals surface area contributed by atoms with Crippen LogP contribution in [0.5, 0.6) is 23.1 Å². The molecular formula is C22H31N5O4. The van der Waals surface area contributed by atoms with Crippen molar-refractivity contribution < 1.29 is 19.0 Å². The number of anilines is 1. The summed E-state index contributed by atoms with van der Waals surface area (Å²) in [4.78, 5) is 27.5. The summed E-state index contributed by atoms with van der Waals surface area (Å²) >= 11 is 0. The van der Waals surface area contributed by atoms with Crippen molar-refractivity contribution in [2.75, 3.05) is 64.9 Å². The van der Waals surface area contributed by atoms with Gasteiger partial charge in [0, 0.05) is 57.7 Å².